The van der Waals surface area contributed by atoms with Crippen molar-refractivity contribution in [3.8, 4) is 0 Å². The van der Waals surface area contributed by atoms with Crippen LogP contribution < -0.4 is 10.6 Å². The van der Waals surface area contributed by atoms with Crippen LogP contribution in [0.2, 0.25) is 10.0 Å². The average molecular weight is 520 g/mol. The molecule has 0 unspecified atom stereocenters. The fraction of sp³-hybridized carbons (Fsp3) is 0.136. The van der Waals surface area contributed by atoms with E-state index in [0.717, 1.165) is 17.3 Å². The fourth-order valence-electron chi connectivity index (χ4n) is 2.70. The highest BCUT2D eigenvalue weighted by Crippen LogP contribution is 2.24. The number of nitrogens with zero attached hydrogens (tertiary/aromatic N) is 3. The minimum absolute atomic E-state index is 0.00741. The Hall–Kier alpha value is -3.34. The minimum atomic E-state index is -1.13. The third-order valence-corrected chi connectivity index (χ3v) is 6.18. The van der Waals surface area contributed by atoms with Crippen molar-refractivity contribution < 1.29 is 19.5 Å². The number of benzene rings is 2. The van der Waals surface area contributed by atoms with E-state index < -0.39 is 11.9 Å². The molecule has 2 aromatic carbocycles. The zero-order chi connectivity index (χ0) is 24.7. The number of carboxylic acid groups (broad SMARTS) is 1. The van der Waals surface area contributed by atoms with Crippen LogP contribution in [0.25, 0.3) is 6.08 Å². The second-order valence-corrected chi connectivity index (χ2v) is 8.62. The summed E-state index contributed by atoms with van der Waals surface area (Å²) in [5, 5.41) is 23.7. The number of carboxylic acids is 1. The van der Waals surface area contributed by atoms with Gasteiger partial charge >= 0.3 is 5.97 Å². The summed E-state index contributed by atoms with van der Waals surface area (Å²) in [7, 11) is 1.72. The van der Waals surface area contributed by atoms with E-state index in [1.54, 1.807) is 35.9 Å². The van der Waals surface area contributed by atoms with E-state index in [-0.39, 0.29) is 34.5 Å². The SMILES string of the molecule is Cn1c(CNC(=O)C=Cc2ccccc2Cl)nnc1SCC(=O)Nc1cc(C(=O)O)ccc1Cl. The van der Waals surface area contributed by atoms with Gasteiger partial charge in [0.1, 0.15) is 0 Å². The average Bonchev–Trinajstić information content (AvgIpc) is 3.16. The molecule has 0 saturated heterocycles. The Kier molecular flexibility index (Phi) is 8.69. The summed E-state index contributed by atoms with van der Waals surface area (Å²) in [4.78, 5) is 35.5. The van der Waals surface area contributed by atoms with Gasteiger partial charge in [0.05, 0.1) is 28.6 Å². The number of amides is 2. The highest BCUT2D eigenvalue weighted by atomic mass is 35.5. The van der Waals surface area contributed by atoms with Crippen LogP contribution in [0.1, 0.15) is 21.7 Å². The van der Waals surface area contributed by atoms with E-state index in [9.17, 15) is 14.4 Å². The molecule has 0 aliphatic rings. The number of hydrogen-bond acceptors (Lipinski definition) is 6. The summed E-state index contributed by atoms with van der Waals surface area (Å²) in [6.45, 7) is 0.138. The highest BCUT2D eigenvalue weighted by Gasteiger charge is 2.14. The molecule has 0 fully saturated rings. The number of rotatable bonds is 9. The van der Waals surface area contributed by atoms with Gasteiger partial charge in [-0.2, -0.15) is 0 Å². The predicted molar refractivity (Wildman–Crippen MR) is 131 cm³/mol. The van der Waals surface area contributed by atoms with Crippen molar-refractivity contribution in [1.82, 2.24) is 20.1 Å². The second kappa shape index (κ2) is 11.7. The predicted octanol–water partition coefficient (Wildman–Crippen LogP) is 3.88. The molecule has 0 aliphatic heterocycles. The summed E-state index contributed by atoms with van der Waals surface area (Å²) in [5.74, 6) is -1.35. The maximum absolute atomic E-state index is 12.3. The molecule has 3 N–H and O–H groups in total. The molecule has 0 radical (unpaired) electrons. The van der Waals surface area contributed by atoms with Gasteiger partial charge in [-0.1, -0.05) is 53.2 Å². The van der Waals surface area contributed by atoms with E-state index >= 15 is 0 Å². The van der Waals surface area contributed by atoms with E-state index in [0.29, 0.717) is 16.0 Å². The van der Waals surface area contributed by atoms with Gasteiger partial charge in [-0.3, -0.25) is 9.59 Å². The molecule has 0 bridgehead atoms. The zero-order valence-corrected chi connectivity index (χ0v) is 20.1. The summed E-state index contributed by atoms with van der Waals surface area (Å²) >= 11 is 13.2. The Labute approximate surface area is 209 Å². The zero-order valence-electron chi connectivity index (χ0n) is 17.8. The first-order valence-electron chi connectivity index (χ1n) is 9.79. The molecule has 0 spiro atoms. The summed E-state index contributed by atoms with van der Waals surface area (Å²) < 4.78 is 1.66. The molecular formula is C22H19Cl2N5O4S. The monoisotopic (exact) mass is 519 g/mol. The van der Waals surface area contributed by atoms with Crippen LogP contribution in [0.15, 0.2) is 53.7 Å². The van der Waals surface area contributed by atoms with E-state index in [1.165, 1.54) is 24.3 Å². The smallest absolute Gasteiger partial charge is 0.335 e. The lowest BCUT2D eigenvalue weighted by Crippen LogP contribution is -2.22. The molecule has 1 heterocycles. The molecule has 3 aromatic rings. The first kappa shape index (κ1) is 25.3. The van der Waals surface area contributed by atoms with Crippen LogP contribution in [-0.2, 0) is 23.2 Å². The van der Waals surface area contributed by atoms with Crippen LogP contribution in [0, 0.1) is 0 Å². The van der Waals surface area contributed by atoms with Crippen LogP contribution in [0.5, 0.6) is 0 Å². The van der Waals surface area contributed by atoms with Gasteiger partial charge in [0.2, 0.25) is 11.8 Å². The number of nitrogens with one attached hydrogen (secondary N) is 2. The Balaban J connectivity index is 1.52. The van der Waals surface area contributed by atoms with Gasteiger partial charge in [0.25, 0.3) is 0 Å². The standard InChI is InChI=1S/C22H19Cl2N5O4S/c1-29-18(11-25-19(30)9-7-13-4-2-3-5-15(13)23)27-28-22(29)34-12-20(31)26-17-10-14(21(32)33)6-8-16(17)24/h2-10H,11-12H2,1H3,(H,25,30)(H,26,31)(H,32,33). The van der Waals surface area contributed by atoms with Gasteiger partial charge < -0.3 is 20.3 Å². The van der Waals surface area contributed by atoms with Crippen LogP contribution >= 0.6 is 35.0 Å². The van der Waals surface area contributed by atoms with Gasteiger partial charge in [-0.05, 0) is 35.9 Å². The van der Waals surface area contributed by atoms with Crippen molar-refractivity contribution in [3.63, 3.8) is 0 Å². The molecular weight excluding hydrogens is 501 g/mol. The topological polar surface area (TPSA) is 126 Å². The summed E-state index contributed by atoms with van der Waals surface area (Å²) in [6.07, 6.45) is 2.99. The van der Waals surface area contributed by atoms with Crippen molar-refractivity contribution in [2.45, 2.75) is 11.7 Å². The first-order chi connectivity index (χ1) is 16.2. The van der Waals surface area contributed by atoms with Crippen molar-refractivity contribution in [1.29, 1.82) is 0 Å². The van der Waals surface area contributed by atoms with E-state index in [2.05, 4.69) is 20.8 Å². The maximum Gasteiger partial charge on any atom is 0.335 e. The Morgan fingerprint density at radius 3 is 2.62 bits per heavy atom. The van der Waals surface area contributed by atoms with Gasteiger partial charge in [-0.15, -0.1) is 10.2 Å². The van der Waals surface area contributed by atoms with Gasteiger partial charge in [0.15, 0.2) is 11.0 Å². The second-order valence-electron chi connectivity index (χ2n) is 6.87. The largest absolute Gasteiger partial charge is 0.478 e. The van der Waals surface area contributed by atoms with Crippen molar-refractivity contribution in [2.75, 3.05) is 11.1 Å². The van der Waals surface area contributed by atoms with Crippen molar-refractivity contribution >= 4 is 64.5 Å². The third-order valence-electron chi connectivity index (χ3n) is 4.49. The quantitative estimate of drug-likeness (QED) is 0.289. The normalized spacial score (nSPS) is 10.9. The lowest BCUT2D eigenvalue weighted by Gasteiger charge is -2.08. The van der Waals surface area contributed by atoms with Crippen LogP contribution in [0.3, 0.4) is 0 Å². The number of aromatic carboxylic acids is 1. The fourth-order valence-corrected chi connectivity index (χ4v) is 3.79. The molecule has 2 amide bonds. The lowest BCUT2D eigenvalue weighted by atomic mass is 10.2. The maximum atomic E-state index is 12.3. The number of anilines is 1. The molecule has 1 aromatic heterocycles. The van der Waals surface area contributed by atoms with Crippen molar-refractivity contribution in [3.05, 3.63) is 75.5 Å². The molecule has 0 aliphatic carbocycles. The van der Waals surface area contributed by atoms with E-state index in [1.807, 2.05) is 6.07 Å². The summed E-state index contributed by atoms with van der Waals surface area (Å²) in [6, 6.07) is 11.2. The molecule has 3 rings (SSSR count). The Bertz CT molecular complexity index is 1260. The molecule has 176 valence electrons. The number of hydrogen-bond donors (Lipinski definition) is 3. The van der Waals surface area contributed by atoms with Gasteiger partial charge in [0, 0.05) is 18.1 Å². The molecule has 12 heteroatoms. The number of aromatic nitrogens is 3. The Morgan fingerprint density at radius 2 is 1.88 bits per heavy atom. The number of carbonyl (C=O) groups excluding carboxylic acids is 2. The van der Waals surface area contributed by atoms with Crippen LogP contribution in [-0.4, -0.2) is 43.4 Å². The third kappa shape index (κ3) is 6.83. The minimum Gasteiger partial charge on any atom is -0.478 e. The molecule has 9 nitrogen and oxygen atoms in total. The molecule has 0 atom stereocenters. The lowest BCUT2D eigenvalue weighted by molar-refractivity contribution is -0.116. The number of carbonyl (C=O) groups is 3. The van der Waals surface area contributed by atoms with Crippen molar-refractivity contribution in [2.24, 2.45) is 7.05 Å². The number of halogens is 2. The van der Waals surface area contributed by atoms with Gasteiger partial charge in [-0.25, -0.2) is 4.79 Å². The first-order valence-corrected chi connectivity index (χ1v) is 11.5. The van der Waals surface area contributed by atoms with E-state index in [4.69, 9.17) is 28.3 Å². The Morgan fingerprint density at radius 1 is 1.12 bits per heavy atom. The molecule has 0 saturated carbocycles. The molecule has 34 heavy (non-hydrogen) atoms. The number of thioether (sulfide) groups is 1. The summed E-state index contributed by atoms with van der Waals surface area (Å²) in [5.41, 5.74) is 0.943. The van der Waals surface area contributed by atoms with Crippen LogP contribution in [0.4, 0.5) is 5.69 Å². The highest BCUT2D eigenvalue weighted by molar-refractivity contribution is 7.99.